The number of carboxylic acids is 1. The Hall–Kier alpha value is -2.44. The summed E-state index contributed by atoms with van der Waals surface area (Å²) < 4.78 is 0. The molecular weight excluding hydrogens is 389 g/mol. The molecule has 0 radical (unpaired) electrons. The molecule has 8 heteroatoms. The van der Waals surface area contributed by atoms with E-state index < -0.39 is 18.3 Å². The zero-order valence-corrected chi connectivity index (χ0v) is 16.0. The van der Waals surface area contributed by atoms with Crippen LogP contribution in [0.1, 0.15) is 18.0 Å². The molecule has 3 rings (SSSR count). The van der Waals surface area contributed by atoms with Crippen LogP contribution in [0.15, 0.2) is 42.5 Å². The van der Waals surface area contributed by atoms with Crippen LogP contribution < -0.4 is 10.6 Å². The minimum Gasteiger partial charge on any atom is -0.481 e. The van der Waals surface area contributed by atoms with Gasteiger partial charge in [0.1, 0.15) is 6.42 Å². The fraction of sp³-hybridized carbons (Fsp3) is 0.263. The van der Waals surface area contributed by atoms with Gasteiger partial charge in [-0.25, -0.2) is 0 Å². The molecule has 1 fully saturated rings. The van der Waals surface area contributed by atoms with Crippen LogP contribution in [-0.2, 0) is 9.59 Å². The number of aliphatic carboxylic acids is 1. The van der Waals surface area contributed by atoms with Gasteiger partial charge in [0.25, 0.3) is 0 Å². The van der Waals surface area contributed by atoms with Crippen molar-refractivity contribution in [3.63, 3.8) is 0 Å². The smallest absolute Gasteiger partial charge is 0.312 e. The summed E-state index contributed by atoms with van der Waals surface area (Å²) in [4.78, 5) is 26.8. The van der Waals surface area contributed by atoms with Gasteiger partial charge in [-0.05, 0) is 35.9 Å². The van der Waals surface area contributed by atoms with Crippen molar-refractivity contribution < 1.29 is 14.7 Å². The SMILES string of the molecule is Nc1cc(Cl)ccc1N1CCN(C(=O)CC(=O)O)C[C@@H]1c1ccc(Cl)cc1. The third-order valence-corrected chi connectivity index (χ3v) is 5.08. The van der Waals surface area contributed by atoms with E-state index in [0.717, 1.165) is 11.3 Å². The number of hydrogen-bond donors (Lipinski definition) is 2. The Morgan fingerprint density at radius 1 is 1.07 bits per heavy atom. The molecule has 1 atom stereocenters. The zero-order chi connectivity index (χ0) is 19.6. The predicted molar refractivity (Wildman–Crippen MR) is 106 cm³/mol. The van der Waals surface area contributed by atoms with Gasteiger partial charge in [0.05, 0.1) is 17.4 Å². The molecular formula is C19H19Cl2N3O3. The highest BCUT2D eigenvalue weighted by atomic mass is 35.5. The molecule has 0 aliphatic carbocycles. The number of nitrogen functional groups attached to an aromatic ring is 1. The lowest BCUT2D eigenvalue weighted by Gasteiger charge is -2.43. The molecule has 1 heterocycles. The van der Waals surface area contributed by atoms with Crippen molar-refractivity contribution in [3.05, 3.63) is 58.1 Å². The van der Waals surface area contributed by atoms with Gasteiger partial charge in [0, 0.05) is 29.7 Å². The maximum atomic E-state index is 12.3. The fourth-order valence-electron chi connectivity index (χ4n) is 3.30. The van der Waals surface area contributed by atoms with E-state index in [-0.39, 0.29) is 6.04 Å². The van der Waals surface area contributed by atoms with E-state index in [1.807, 2.05) is 18.2 Å². The topological polar surface area (TPSA) is 86.9 Å². The van der Waals surface area contributed by atoms with Crippen molar-refractivity contribution in [2.24, 2.45) is 0 Å². The molecule has 1 aliphatic heterocycles. The summed E-state index contributed by atoms with van der Waals surface area (Å²) >= 11 is 12.0. The summed E-state index contributed by atoms with van der Waals surface area (Å²) in [5.41, 5.74) is 8.50. The van der Waals surface area contributed by atoms with Crippen molar-refractivity contribution in [2.75, 3.05) is 30.3 Å². The van der Waals surface area contributed by atoms with Crippen LogP contribution in [0.3, 0.4) is 0 Å². The normalized spacial score (nSPS) is 17.0. The molecule has 0 saturated carbocycles. The van der Waals surface area contributed by atoms with Crippen molar-refractivity contribution in [1.82, 2.24) is 4.90 Å². The summed E-state index contributed by atoms with van der Waals surface area (Å²) in [7, 11) is 0. The van der Waals surface area contributed by atoms with Gasteiger partial charge < -0.3 is 20.6 Å². The van der Waals surface area contributed by atoms with E-state index in [1.54, 1.807) is 29.2 Å². The first-order valence-corrected chi connectivity index (χ1v) is 9.17. The highest BCUT2D eigenvalue weighted by molar-refractivity contribution is 6.31. The Bertz CT molecular complexity index is 858. The second-order valence-electron chi connectivity index (χ2n) is 6.37. The van der Waals surface area contributed by atoms with Gasteiger partial charge in [-0.1, -0.05) is 35.3 Å². The Labute approximate surface area is 167 Å². The Balaban J connectivity index is 1.93. The number of carbonyl (C=O) groups excluding carboxylic acids is 1. The van der Waals surface area contributed by atoms with Gasteiger partial charge in [0.2, 0.25) is 5.91 Å². The lowest BCUT2D eigenvalue weighted by Crippen LogP contribution is -2.51. The Morgan fingerprint density at radius 3 is 2.37 bits per heavy atom. The molecule has 1 aliphatic rings. The average Bonchev–Trinajstić information content (AvgIpc) is 2.61. The van der Waals surface area contributed by atoms with Crippen LogP contribution >= 0.6 is 23.2 Å². The number of benzene rings is 2. The number of carbonyl (C=O) groups is 2. The second kappa shape index (κ2) is 8.06. The minimum absolute atomic E-state index is 0.183. The van der Waals surface area contributed by atoms with Gasteiger partial charge in [0.15, 0.2) is 0 Å². The number of amides is 1. The van der Waals surface area contributed by atoms with Crippen LogP contribution in [0.4, 0.5) is 11.4 Å². The molecule has 142 valence electrons. The van der Waals surface area contributed by atoms with E-state index in [1.165, 1.54) is 0 Å². The molecule has 1 amide bonds. The monoisotopic (exact) mass is 407 g/mol. The third kappa shape index (κ3) is 4.46. The number of piperazine rings is 1. The van der Waals surface area contributed by atoms with Gasteiger partial charge in [-0.15, -0.1) is 0 Å². The third-order valence-electron chi connectivity index (χ3n) is 4.59. The molecule has 0 unspecified atom stereocenters. The molecule has 3 N–H and O–H groups in total. The number of halogens is 2. The second-order valence-corrected chi connectivity index (χ2v) is 7.25. The maximum Gasteiger partial charge on any atom is 0.312 e. The number of hydrogen-bond acceptors (Lipinski definition) is 4. The maximum absolute atomic E-state index is 12.3. The summed E-state index contributed by atoms with van der Waals surface area (Å²) in [5.74, 6) is -1.53. The first-order valence-electron chi connectivity index (χ1n) is 8.42. The molecule has 6 nitrogen and oxygen atoms in total. The standard InChI is InChI=1S/C19H19Cl2N3O3/c20-13-3-1-12(2-4-13)17-11-23(18(25)10-19(26)27)7-8-24(17)16-6-5-14(21)9-15(16)22/h1-6,9,17H,7-8,10-11,22H2,(H,26,27)/t17-/m1/s1. The van der Waals surface area contributed by atoms with Crippen LogP contribution in [-0.4, -0.2) is 41.5 Å². The summed E-state index contributed by atoms with van der Waals surface area (Å²) in [6.45, 7) is 1.29. The van der Waals surface area contributed by atoms with Crippen LogP contribution in [0.5, 0.6) is 0 Å². The molecule has 0 bridgehead atoms. The van der Waals surface area contributed by atoms with Gasteiger partial charge >= 0.3 is 5.97 Å². The van der Waals surface area contributed by atoms with Crippen LogP contribution in [0.25, 0.3) is 0 Å². The van der Waals surface area contributed by atoms with Gasteiger partial charge in [-0.2, -0.15) is 0 Å². The summed E-state index contributed by atoms with van der Waals surface area (Å²) in [6, 6.07) is 12.5. The van der Waals surface area contributed by atoms with E-state index >= 15 is 0 Å². The number of nitrogens with zero attached hydrogens (tertiary/aromatic N) is 2. The molecule has 27 heavy (non-hydrogen) atoms. The number of carboxylic acid groups (broad SMARTS) is 1. The van der Waals surface area contributed by atoms with Crippen molar-refractivity contribution in [1.29, 1.82) is 0 Å². The lowest BCUT2D eigenvalue weighted by molar-refractivity contribution is -0.144. The highest BCUT2D eigenvalue weighted by Crippen LogP contribution is 2.35. The van der Waals surface area contributed by atoms with E-state index in [4.69, 9.17) is 34.0 Å². The Morgan fingerprint density at radius 2 is 1.74 bits per heavy atom. The minimum atomic E-state index is -1.13. The Kier molecular flexibility index (Phi) is 5.77. The average molecular weight is 408 g/mol. The highest BCUT2D eigenvalue weighted by Gasteiger charge is 2.32. The quantitative estimate of drug-likeness (QED) is 0.598. The largest absolute Gasteiger partial charge is 0.481 e. The zero-order valence-electron chi connectivity index (χ0n) is 14.4. The van der Waals surface area contributed by atoms with Crippen molar-refractivity contribution in [3.8, 4) is 0 Å². The molecule has 0 aromatic heterocycles. The summed E-state index contributed by atoms with van der Waals surface area (Å²) in [6.07, 6.45) is -0.517. The van der Waals surface area contributed by atoms with Crippen molar-refractivity contribution >= 4 is 46.5 Å². The number of nitrogens with two attached hydrogens (primary N) is 1. The molecule has 2 aromatic rings. The summed E-state index contributed by atoms with van der Waals surface area (Å²) in [5, 5.41) is 10.1. The van der Waals surface area contributed by atoms with E-state index in [0.29, 0.717) is 35.4 Å². The van der Waals surface area contributed by atoms with E-state index in [2.05, 4.69) is 4.90 Å². The number of anilines is 2. The van der Waals surface area contributed by atoms with Gasteiger partial charge in [-0.3, -0.25) is 9.59 Å². The van der Waals surface area contributed by atoms with Crippen LogP contribution in [0, 0.1) is 0 Å². The first-order chi connectivity index (χ1) is 12.8. The van der Waals surface area contributed by atoms with Crippen LogP contribution in [0.2, 0.25) is 10.0 Å². The molecule has 2 aromatic carbocycles. The predicted octanol–water partition coefficient (Wildman–Crippen LogP) is 3.44. The van der Waals surface area contributed by atoms with Crippen molar-refractivity contribution in [2.45, 2.75) is 12.5 Å². The lowest BCUT2D eigenvalue weighted by atomic mass is 10.0. The number of rotatable bonds is 4. The molecule has 1 saturated heterocycles. The molecule has 0 spiro atoms. The van der Waals surface area contributed by atoms with E-state index in [9.17, 15) is 9.59 Å². The fourth-order valence-corrected chi connectivity index (χ4v) is 3.60. The first kappa shape index (κ1) is 19.3.